The molecule has 0 saturated carbocycles. The second kappa shape index (κ2) is 10.0. The van der Waals surface area contributed by atoms with E-state index in [0.29, 0.717) is 0 Å². The van der Waals surface area contributed by atoms with Gasteiger partial charge in [-0.2, -0.15) is 0 Å². The first-order valence-electron chi connectivity index (χ1n) is 16.8. The van der Waals surface area contributed by atoms with Crippen LogP contribution in [0.2, 0.25) is 0 Å². The minimum Gasteiger partial charge on any atom is -0.454 e. The quantitative estimate of drug-likeness (QED) is 0.198. The first-order valence-corrected chi connectivity index (χ1v) is 16.8. The van der Waals surface area contributed by atoms with Gasteiger partial charge in [-0.05, 0) is 71.7 Å². The van der Waals surface area contributed by atoms with Crippen LogP contribution in [0.3, 0.4) is 0 Å². The second-order valence-corrected chi connectivity index (χ2v) is 13.0. The second-order valence-electron chi connectivity index (χ2n) is 13.0. The van der Waals surface area contributed by atoms with Crippen LogP contribution in [-0.4, -0.2) is 16.8 Å². The predicted octanol–water partition coefficient (Wildman–Crippen LogP) is 10.0. The van der Waals surface area contributed by atoms with Crippen molar-refractivity contribution in [2.45, 2.75) is 0 Å². The molecule has 4 nitrogen and oxygen atoms in total. The molecule has 49 heavy (non-hydrogen) atoms. The molecular weight excluding hydrogens is 597 g/mol. The van der Waals surface area contributed by atoms with Crippen LogP contribution in [0.4, 0.5) is 17.1 Å². The number of H-pyrrole nitrogens is 1. The summed E-state index contributed by atoms with van der Waals surface area (Å²) in [5.41, 5.74) is 16.0. The zero-order chi connectivity index (χ0) is 32.1. The lowest BCUT2D eigenvalue weighted by molar-refractivity contribution is 0.673. The van der Waals surface area contributed by atoms with E-state index >= 15 is 0 Å². The maximum atomic E-state index is 6.47. The molecule has 4 heterocycles. The number of nitrogens with zero attached hydrogens (tertiary/aromatic N) is 2. The number of benzene rings is 7. The molecule has 0 amide bonds. The number of anilines is 3. The maximum absolute atomic E-state index is 6.47. The molecule has 1 aliphatic heterocycles. The van der Waals surface area contributed by atoms with Gasteiger partial charge in [0.15, 0.2) is 12.9 Å². The van der Waals surface area contributed by atoms with Crippen molar-refractivity contribution in [3.63, 3.8) is 0 Å². The highest BCUT2D eigenvalue weighted by molar-refractivity contribution is 6.73. The highest BCUT2D eigenvalue weighted by Crippen LogP contribution is 2.43. The molecule has 0 bridgehead atoms. The van der Waals surface area contributed by atoms with Crippen LogP contribution < -0.4 is 15.8 Å². The van der Waals surface area contributed by atoms with Crippen molar-refractivity contribution in [3.8, 4) is 16.8 Å². The number of rotatable bonds is 4. The molecule has 7 aromatic carbocycles. The van der Waals surface area contributed by atoms with E-state index in [-0.39, 0.29) is 0 Å². The van der Waals surface area contributed by atoms with E-state index < -0.39 is 0 Å². The molecule has 1 N–H and O–H groups in total. The SMILES string of the molecule is B1c2c(-c3cccc4c3[nH]c3c5ccccc5oc43)cc(N(c3ccccc3)c3ccccc3)cc2-n2c3ccccc3c3cccc1c32. The molecule has 1 aliphatic rings. The number of furan rings is 1. The van der Waals surface area contributed by atoms with Gasteiger partial charge in [0.2, 0.25) is 0 Å². The van der Waals surface area contributed by atoms with E-state index in [1.807, 2.05) is 12.1 Å². The average Bonchev–Trinajstić information content (AvgIpc) is 3.82. The molecule has 0 unspecified atom stereocenters. The van der Waals surface area contributed by atoms with Crippen LogP contribution >= 0.6 is 0 Å². The van der Waals surface area contributed by atoms with Gasteiger partial charge < -0.3 is 18.9 Å². The van der Waals surface area contributed by atoms with Gasteiger partial charge in [-0.25, -0.2) is 0 Å². The lowest BCUT2D eigenvalue weighted by Gasteiger charge is -2.30. The lowest BCUT2D eigenvalue weighted by Crippen LogP contribution is -2.37. The fourth-order valence-corrected chi connectivity index (χ4v) is 8.26. The molecule has 0 atom stereocenters. The van der Waals surface area contributed by atoms with Crippen LogP contribution in [0.5, 0.6) is 0 Å². The Bertz CT molecular complexity index is 2880. The van der Waals surface area contributed by atoms with Crippen molar-refractivity contribution in [1.82, 2.24) is 9.55 Å². The van der Waals surface area contributed by atoms with Crippen molar-refractivity contribution in [2.24, 2.45) is 0 Å². The van der Waals surface area contributed by atoms with Crippen LogP contribution in [0.25, 0.3) is 71.6 Å². The summed E-state index contributed by atoms with van der Waals surface area (Å²) >= 11 is 0. The predicted molar refractivity (Wildman–Crippen MR) is 206 cm³/mol. The Balaban J connectivity index is 1.27. The van der Waals surface area contributed by atoms with Gasteiger partial charge in [0.05, 0.1) is 16.6 Å². The minimum absolute atomic E-state index is 0.839. The van der Waals surface area contributed by atoms with Gasteiger partial charge in [-0.15, -0.1) is 0 Å². The standard InChI is InChI=1S/C44H28BN3O/c1-3-13-27(14-4-1)47(28-15-5-2-6-16-28)29-25-35(31-19-11-21-34-41(31)46-42-33-18-8-10-24-39(33)49-44(34)42)40-38(26-29)48-37-23-9-7-17-30(37)32-20-12-22-36(45-40)43(32)48/h1-26,45-46H. The lowest BCUT2D eigenvalue weighted by atomic mass is 9.59. The summed E-state index contributed by atoms with van der Waals surface area (Å²) in [5, 5.41) is 4.77. The maximum Gasteiger partial charge on any atom is 0.198 e. The molecule has 0 radical (unpaired) electrons. The topological polar surface area (TPSA) is 37.1 Å². The van der Waals surface area contributed by atoms with E-state index in [4.69, 9.17) is 4.42 Å². The molecule has 0 aliphatic carbocycles. The summed E-state index contributed by atoms with van der Waals surface area (Å²) in [6.07, 6.45) is 0. The average molecular weight is 626 g/mol. The molecule has 0 saturated heterocycles. The zero-order valence-electron chi connectivity index (χ0n) is 26.5. The minimum atomic E-state index is 0.839. The Labute approximate surface area is 282 Å². The first kappa shape index (κ1) is 26.6. The summed E-state index contributed by atoms with van der Waals surface area (Å²) in [7, 11) is 0.839. The van der Waals surface area contributed by atoms with Crippen LogP contribution in [0.1, 0.15) is 0 Å². The Hall–Kier alpha value is -6.46. The van der Waals surface area contributed by atoms with Gasteiger partial charge in [-0.1, -0.05) is 103 Å². The number of nitrogens with one attached hydrogen (secondary N) is 1. The third kappa shape index (κ3) is 3.75. The van der Waals surface area contributed by atoms with Gasteiger partial charge >= 0.3 is 0 Å². The van der Waals surface area contributed by atoms with E-state index in [2.05, 4.69) is 160 Å². The van der Waals surface area contributed by atoms with Crippen molar-refractivity contribution < 1.29 is 4.42 Å². The number of para-hydroxylation sites is 6. The zero-order valence-corrected chi connectivity index (χ0v) is 26.5. The third-order valence-corrected chi connectivity index (χ3v) is 10.3. The summed E-state index contributed by atoms with van der Waals surface area (Å²) < 4.78 is 8.97. The fraction of sp³-hybridized carbons (Fsp3) is 0. The van der Waals surface area contributed by atoms with Gasteiger partial charge in [-0.3, -0.25) is 0 Å². The summed E-state index contributed by atoms with van der Waals surface area (Å²) in [4.78, 5) is 6.21. The number of aromatic amines is 1. The van der Waals surface area contributed by atoms with Gasteiger partial charge in [0.25, 0.3) is 0 Å². The van der Waals surface area contributed by atoms with Crippen LogP contribution in [0, 0.1) is 0 Å². The van der Waals surface area contributed by atoms with Crippen molar-refractivity contribution >= 4 is 90.0 Å². The Morgan fingerprint density at radius 3 is 2.02 bits per heavy atom. The molecule has 11 rings (SSSR count). The van der Waals surface area contributed by atoms with Crippen molar-refractivity contribution in [3.05, 3.63) is 158 Å². The first-order chi connectivity index (χ1) is 24.3. The Morgan fingerprint density at radius 1 is 0.531 bits per heavy atom. The Kier molecular flexibility index (Phi) is 5.44. The highest BCUT2D eigenvalue weighted by atomic mass is 16.3. The van der Waals surface area contributed by atoms with Gasteiger partial charge in [0, 0.05) is 55.4 Å². The number of fused-ring (bicyclic) bond motifs is 10. The largest absolute Gasteiger partial charge is 0.454 e. The molecule has 10 aromatic rings. The molecule has 5 heteroatoms. The van der Waals surface area contributed by atoms with Crippen LogP contribution in [0.15, 0.2) is 162 Å². The number of aromatic nitrogens is 2. The third-order valence-electron chi connectivity index (χ3n) is 10.3. The normalized spacial score (nSPS) is 12.2. The summed E-state index contributed by atoms with van der Waals surface area (Å²) in [5.74, 6) is 0. The van der Waals surface area contributed by atoms with Gasteiger partial charge in [0.1, 0.15) is 5.58 Å². The number of hydrogen-bond acceptors (Lipinski definition) is 2. The van der Waals surface area contributed by atoms with E-state index in [1.54, 1.807) is 0 Å². The molecule has 228 valence electrons. The smallest absolute Gasteiger partial charge is 0.198 e. The van der Waals surface area contributed by atoms with E-state index in [9.17, 15) is 0 Å². The van der Waals surface area contributed by atoms with E-state index in [1.165, 1.54) is 49.5 Å². The van der Waals surface area contributed by atoms with E-state index in [0.717, 1.165) is 57.3 Å². The number of hydrogen-bond donors (Lipinski definition) is 1. The fourth-order valence-electron chi connectivity index (χ4n) is 8.26. The Morgan fingerprint density at radius 2 is 1.20 bits per heavy atom. The molecule has 0 spiro atoms. The molecule has 0 fully saturated rings. The highest BCUT2D eigenvalue weighted by Gasteiger charge is 2.28. The van der Waals surface area contributed by atoms with Crippen molar-refractivity contribution in [2.75, 3.05) is 4.90 Å². The van der Waals surface area contributed by atoms with Crippen LogP contribution in [-0.2, 0) is 0 Å². The molecular formula is C44H28BN3O. The molecule has 3 aromatic heterocycles. The summed E-state index contributed by atoms with van der Waals surface area (Å²) in [6.45, 7) is 0. The van der Waals surface area contributed by atoms with Crippen molar-refractivity contribution in [1.29, 1.82) is 0 Å². The summed E-state index contributed by atoms with van der Waals surface area (Å²) in [6, 6.07) is 56.7. The monoisotopic (exact) mass is 625 g/mol.